The number of aromatic nitrogens is 1. The van der Waals surface area contributed by atoms with Crippen molar-refractivity contribution in [3.8, 4) is 17.2 Å². The number of anilines is 1. The molecule has 2 rings (SSSR count). The molecule has 0 radical (unpaired) electrons. The van der Waals surface area contributed by atoms with Gasteiger partial charge in [0.15, 0.2) is 0 Å². The molecule has 0 unspecified atom stereocenters. The van der Waals surface area contributed by atoms with Crippen molar-refractivity contribution in [3.05, 3.63) is 46.6 Å². The molecule has 0 bridgehead atoms. The lowest BCUT2D eigenvalue weighted by molar-refractivity contribution is 1.31. The van der Waals surface area contributed by atoms with E-state index < -0.39 is 0 Å². The van der Waals surface area contributed by atoms with Gasteiger partial charge in [0.25, 0.3) is 0 Å². The molecule has 0 spiro atoms. The molecule has 2 N–H and O–H groups in total. The van der Waals surface area contributed by atoms with Crippen LogP contribution in [-0.2, 0) is 0 Å². The maximum Gasteiger partial charge on any atom is 0.141 e. The Hall–Kier alpha value is -1.86. The summed E-state index contributed by atoms with van der Waals surface area (Å²) in [6, 6.07) is 11.6. The van der Waals surface area contributed by atoms with Crippen molar-refractivity contribution < 1.29 is 0 Å². The van der Waals surface area contributed by atoms with Crippen LogP contribution in [0.5, 0.6) is 0 Å². The van der Waals surface area contributed by atoms with Gasteiger partial charge in [-0.05, 0) is 23.8 Å². The second kappa shape index (κ2) is 4.33. The van der Waals surface area contributed by atoms with E-state index in [2.05, 4.69) is 27.0 Å². The average molecular weight is 274 g/mol. The predicted octanol–water partition coefficient (Wildman–Crippen LogP) is 2.96. The molecule has 3 nitrogen and oxygen atoms in total. The number of nitrogen functional groups attached to an aromatic ring is 1. The third kappa shape index (κ3) is 1.90. The zero-order valence-corrected chi connectivity index (χ0v) is 9.90. The van der Waals surface area contributed by atoms with Crippen LogP contribution >= 0.6 is 15.9 Å². The van der Waals surface area contributed by atoms with Gasteiger partial charge in [0.2, 0.25) is 0 Å². The van der Waals surface area contributed by atoms with E-state index in [9.17, 15) is 0 Å². The Morgan fingerprint density at radius 1 is 1.31 bits per heavy atom. The first-order valence-electron chi connectivity index (χ1n) is 4.63. The fourth-order valence-electron chi connectivity index (χ4n) is 1.49. The molecule has 1 aromatic heterocycles. The van der Waals surface area contributed by atoms with Gasteiger partial charge in [0, 0.05) is 16.2 Å². The highest BCUT2D eigenvalue weighted by Gasteiger charge is 2.08. The first-order valence-corrected chi connectivity index (χ1v) is 5.42. The Morgan fingerprint density at radius 2 is 2.12 bits per heavy atom. The number of hydrogen-bond acceptors (Lipinski definition) is 3. The average Bonchev–Trinajstić information content (AvgIpc) is 2.28. The fraction of sp³-hybridized carbons (Fsp3) is 0. The van der Waals surface area contributed by atoms with Crippen LogP contribution in [0.1, 0.15) is 5.56 Å². The Kier molecular flexibility index (Phi) is 2.88. The summed E-state index contributed by atoms with van der Waals surface area (Å²) in [4.78, 5) is 3.90. The third-order valence-corrected chi connectivity index (χ3v) is 2.72. The quantitative estimate of drug-likeness (QED) is 0.869. The van der Waals surface area contributed by atoms with Crippen molar-refractivity contribution in [3.63, 3.8) is 0 Å². The zero-order chi connectivity index (χ0) is 11.5. The predicted molar refractivity (Wildman–Crippen MR) is 66.5 cm³/mol. The maximum absolute atomic E-state index is 9.05. The molecule has 1 aromatic carbocycles. The van der Waals surface area contributed by atoms with E-state index in [1.165, 1.54) is 0 Å². The molecule has 16 heavy (non-hydrogen) atoms. The van der Waals surface area contributed by atoms with Crippen LogP contribution in [-0.4, -0.2) is 4.98 Å². The molecular formula is C12H8BrN3. The van der Waals surface area contributed by atoms with Gasteiger partial charge in [0.1, 0.15) is 17.5 Å². The van der Waals surface area contributed by atoms with Crippen LogP contribution in [0.4, 0.5) is 5.82 Å². The highest BCUT2D eigenvalue weighted by atomic mass is 79.9. The Bertz CT molecular complexity index is 573. The summed E-state index contributed by atoms with van der Waals surface area (Å²) in [6.45, 7) is 0. The van der Waals surface area contributed by atoms with E-state index in [-0.39, 0.29) is 5.82 Å². The first-order chi connectivity index (χ1) is 7.72. The van der Waals surface area contributed by atoms with Crippen molar-refractivity contribution in [2.24, 2.45) is 0 Å². The van der Waals surface area contributed by atoms with Crippen molar-refractivity contribution in [2.45, 2.75) is 0 Å². The minimum atomic E-state index is 0.264. The van der Waals surface area contributed by atoms with E-state index in [1.54, 1.807) is 12.3 Å². The standard InChI is InChI=1S/C12H8BrN3/c13-9-3-1-2-8(6-9)10-4-5-16-12(15)11(10)7-14/h1-6H,(H2,15,16). The van der Waals surface area contributed by atoms with Crippen molar-refractivity contribution in [1.82, 2.24) is 4.98 Å². The summed E-state index contributed by atoms with van der Waals surface area (Å²) in [6.07, 6.45) is 1.60. The molecule has 0 aliphatic rings. The summed E-state index contributed by atoms with van der Waals surface area (Å²) in [5.41, 5.74) is 7.83. The lowest BCUT2D eigenvalue weighted by Crippen LogP contribution is -1.96. The first kappa shape index (κ1) is 10.7. The number of rotatable bonds is 1. The van der Waals surface area contributed by atoms with Crippen molar-refractivity contribution in [1.29, 1.82) is 5.26 Å². The molecule has 2 aromatic rings. The van der Waals surface area contributed by atoms with Gasteiger partial charge in [-0.2, -0.15) is 5.26 Å². The molecule has 0 aliphatic heterocycles. The molecule has 4 heteroatoms. The minimum Gasteiger partial charge on any atom is -0.383 e. The summed E-state index contributed by atoms with van der Waals surface area (Å²) < 4.78 is 0.962. The summed E-state index contributed by atoms with van der Waals surface area (Å²) >= 11 is 3.39. The number of nitrogens with two attached hydrogens (primary N) is 1. The molecule has 0 atom stereocenters. The Labute approximate surface area is 102 Å². The zero-order valence-electron chi connectivity index (χ0n) is 8.31. The van der Waals surface area contributed by atoms with Gasteiger partial charge in [-0.15, -0.1) is 0 Å². The Morgan fingerprint density at radius 3 is 2.81 bits per heavy atom. The van der Waals surface area contributed by atoms with Crippen LogP contribution in [0.2, 0.25) is 0 Å². The van der Waals surface area contributed by atoms with Gasteiger partial charge < -0.3 is 5.73 Å². The molecule has 0 saturated heterocycles. The number of nitriles is 1. The highest BCUT2D eigenvalue weighted by molar-refractivity contribution is 9.10. The molecule has 0 aliphatic carbocycles. The second-order valence-electron chi connectivity index (χ2n) is 3.24. The fourth-order valence-corrected chi connectivity index (χ4v) is 1.89. The van der Waals surface area contributed by atoms with E-state index in [0.29, 0.717) is 5.56 Å². The van der Waals surface area contributed by atoms with Crippen molar-refractivity contribution >= 4 is 21.7 Å². The second-order valence-corrected chi connectivity index (χ2v) is 4.16. The SMILES string of the molecule is N#Cc1c(-c2cccc(Br)c2)ccnc1N. The number of nitrogens with zero attached hydrogens (tertiary/aromatic N) is 2. The summed E-state index contributed by atoms with van der Waals surface area (Å²) in [5, 5.41) is 9.05. The van der Waals surface area contributed by atoms with Crippen LogP contribution < -0.4 is 5.73 Å². The molecule has 78 valence electrons. The van der Waals surface area contributed by atoms with Gasteiger partial charge in [-0.3, -0.25) is 0 Å². The maximum atomic E-state index is 9.05. The number of hydrogen-bond donors (Lipinski definition) is 1. The van der Waals surface area contributed by atoms with Crippen LogP contribution in [0.3, 0.4) is 0 Å². The topological polar surface area (TPSA) is 62.7 Å². The molecular weight excluding hydrogens is 266 g/mol. The lowest BCUT2D eigenvalue weighted by atomic mass is 10.0. The minimum absolute atomic E-state index is 0.264. The Balaban J connectivity index is 2.66. The third-order valence-electron chi connectivity index (χ3n) is 2.23. The van der Waals surface area contributed by atoms with Crippen LogP contribution in [0, 0.1) is 11.3 Å². The largest absolute Gasteiger partial charge is 0.383 e. The monoisotopic (exact) mass is 273 g/mol. The molecule has 0 fully saturated rings. The van der Waals surface area contributed by atoms with Gasteiger partial charge in [-0.1, -0.05) is 28.1 Å². The van der Waals surface area contributed by atoms with Gasteiger partial charge in [-0.25, -0.2) is 4.98 Å². The van der Waals surface area contributed by atoms with E-state index >= 15 is 0 Å². The molecule has 0 saturated carbocycles. The highest BCUT2D eigenvalue weighted by Crippen LogP contribution is 2.27. The smallest absolute Gasteiger partial charge is 0.141 e. The number of pyridine rings is 1. The van der Waals surface area contributed by atoms with Gasteiger partial charge >= 0.3 is 0 Å². The van der Waals surface area contributed by atoms with Crippen LogP contribution in [0.25, 0.3) is 11.1 Å². The number of benzene rings is 1. The van der Waals surface area contributed by atoms with E-state index in [1.807, 2.05) is 24.3 Å². The van der Waals surface area contributed by atoms with Crippen LogP contribution in [0.15, 0.2) is 41.0 Å². The normalized spacial score (nSPS) is 9.75. The molecule has 0 amide bonds. The van der Waals surface area contributed by atoms with Gasteiger partial charge in [0.05, 0.1) is 0 Å². The molecule has 1 heterocycles. The number of halogens is 1. The van der Waals surface area contributed by atoms with Crippen molar-refractivity contribution in [2.75, 3.05) is 5.73 Å². The van der Waals surface area contributed by atoms with E-state index in [4.69, 9.17) is 11.0 Å². The van der Waals surface area contributed by atoms with E-state index in [0.717, 1.165) is 15.6 Å². The lowest BCUT2D eigenvalue weighted by Gasteiger charge is -2.05. The summed E-state index contributed by atoms with van der Waals surface area (Å²) in [7, 11) is 0. The summed E-state index contributed by atoms with van der Waals surface area (Å²) in [5.74, 6) is 0.264.